The molecule has 3 heterocycles. The maximum absolute atomic E-state index is 12.1. The van der Waals surface area contributed by atoms with Crippen LogP contribution in [0.25, 0.3) is 15.2 Å². The van der Waals surface area contributed by atoms with E-state index in [1.54, 1.807) is 39.8 Å². The van der Waals surface area contributed by atoms with Crippen molar-refractivity contribution in [1.82, 2.24) is 14.4 Å². The van der Waals surface area contributed by atoms with Crippen molar-refractivity contribution in [2.24, 2.45) is 5.92 Å². The average Bonchev–Trinajstić information content (AvgIpc) is 3.25. The summed E-state index contributed by atoms with van der Waals surface area (Å²) in [6, 6.07) is 7.32. The number of hydrogen-bond donors (Lipinski definition) is 1. The summed E-state index contributed by atoms with van der Waals surface area (Å²) in [6.07, 6.45) is 2.24. The number of fused-ring (bicyclic) bond motifs is 2. The van der Waals surface area contributed by atoms with Crippen LogP contribution in [0.3, 0.4) is 0 Å². The number of nitrogens with one attached hydrogen (secondary N) is 1. The molecule has 4 aromatic rings. The second-order valence-electron chi connectivity index (χ2n) is 6.74. The molecule has 1 aromatic carbocycles. The molecule has 4 rings (SSSR count). The Hall–Kier alpha value is -2.23. The summed E-state index contributed by atoms with van der Waals surface area (Å²) < 4.78 is 3.48. The summed E-state index contributed by atoms with van der Waals surface area (Å²) in [5.74, 6) is 0.932. The van der Waals surface area contributed by atoms with Crippen molar-refractivity contribution in [2.45, 2.75) is 30.4 Å². The normalized spacial score (nSPS) is 11.5. The fourth-order valence-electron chi connectivity index (χ4n) is 2.72. The van der Waals surface area contributed by atoms with Gasteiger partial charge in [0.25, 0.3) is 5.56 Å². The van der Waals surface area contributed by atoms with E-state index >= 15 is 0 Å². The van der Waals surface area contributed by atoms with Crippen molar-refractivity contribution in [3.63, 3.8) is 0 Å². The van der Waals surface area contributed by atoms with Gasteiger partial charge >= 0.3 is 0 Å². The molecule has 1 amide bonds. The zero-order valence-electron chi connectivity index (χ0n) is 15.3. The summed E-state index contributed by atoms with van der Waals surface area (Å²) in [6.45, 7) is 4.05. The lowest BCUT2D eigenvalue weighted by molar-refractivity contribution is -0.116. The monoisotopic (exact) mass is 430 g/mol. The van der Waals surface area contributed by atoms with Crippen LogP contribution >= 0.6 is 34.4 Å². The molecule has 1 N–H and O–H groups in total. The van der Waals surface area contributed by atoms with Crippen molar-refractivity contribution in [1.29, 1.82) is 0 Å². The van der Waals surface area contributed by atoms with Crippen molar-refractivity contribution in [3.05, 3.63) is 51.9 Å². The number of hydrogen-bond acceptors (Lipinski definition) is 7. The second-order valence-corrected chi connectivity index (χ2v) is 9.86. The fraction of sp³-hybridized carbons (Fsp3) is 0.263. The van der Waals surface area contributed by atoms with E-state index in [1.807, 2.05) is 37.4 Å². The molecule has 0 atom stereocenters. The highest BCUT2D eigenvalue weighted by Crippen LogP contribution is 2.32. The molecule has 0 saturated heterocycles. The Kier molecular flexibility index (Phi) is 5.47. The summed E-state index contributed by atoms with van der Waals surface area (Å²) in [5, 5.41) is 4.79. The number of amides is 1. The van der Waals surface area contributed by atoms with Crippen LogP contribution in [0.5, 0.6) is 0 Å². The molecule has 0 saturated carbocycles. The first-order valence-electron chi connectivity index (χ1n) is 8.77. The van der Waals surface area contributed by atoms with E-state index in [1.165, 1.54) is 11.3 Å². The molecule has 0 aliphatic heterocycles. The van der Waals surface area contributed by atoms with Crippen LogP contribution < -0.4 is 10.9 Å². The number of benzene rings is 1. The minimum Gasteiger partial charge on any atom is -0.326 e. The average molecular weight is 431 g/mol. The van der Waals surface area contributed by atoms with Crippen LogP contribution in [0.15, 0.2) is 45.0 Å². The smallest absolute Gasteiger partial charge is 0.258 e. The molecule has 0 fully saturated rings. The predicted octanol–water partition coefficient (Wildman–Crippen LogP) is 4.64. The van der Waals surface area contributed by atoms with Gasteiger partial charge in [0.05, 0.1) is 15.9 Å². The number of carbonyl (C=O) groups is 1. The van der Waals surface area contributed by atoms with E-state index in [-0.39, 0.29) is 11.5 Å². The highest BCUT2D eigenvalue weighted by Gasteiger charge is 2.10. The molecule has 28 heavy (non-hydrogen) atoms. The Morgan fingerprint density at radius 2 is 2.14 bits per heavy atom. The first-order chi connectivity index (χ1) is 13.5. The Bertz CT molecular complexity index is 1210. The van der Waals surface area contributed by atoms with E-state index < -0.39 is 0 Å². The highest BCUT2D eigenvalue weighted by molar-refractivity contribution is 8.00. The third-order valence-electron chi connectivity index (χ3n) is 3.95. The molecular formula is C19H18N4O2S3. The Labute approximate surface area is 173 Å². The summed E-state index contributed by atoms with van der Waals surface area (Å²) in [4.78, 5) is 33.9. The van der Waals surface area contributed by atoms with Gasteiger partial charge in [0.2, 0.25) is 5.91 Å². The van der Waals surface area contributed by atoms with Gasteiger partial charge < -0.3 is 5.32 Å². The van der Waals surface area contributed by atoms with E-state index in [0.717, 1.165) is 25.9 Å². The molecule has 9 heteroatoms. The molecule has 0 aliphatic carbocycles. The number of nitrogens with zero attached hydrogens (tertiary/aromatic N) is 3. The standard InChI is InChI=1S/C19H18N4O2S3/c1-11(2)7-16(24)20-12-3-4-14-15(8-12)28-19(22-14)27-10-13-9-17(25)23-5-6-26-18(23)21-13/h3-6,8-9,11H,7,10H2,1-2H3,(H,20,24). The van der Waals surface area contributed by atoms with Crippen molar-refractivity contribution in [2.75, 3.05) is 5.32 Å². The van der Waals surface area contributed by atoms with Crippen LogP contribution in [0, 0.1) is 5.92 Å². The van der Waals surface area contributed by atoms with Crippen molar-refractivity contribution >= 4 is 61.2 Å². The zero-order chi connectivity index (χ0) is 19.7. The van der Waals surface area contributed by atoms with E-state index in [4.69, 9.17) is 0 Å². The topological polar surface area (TPSA) is 76.4 Å². The SMILES string of the molecule is CC(C)CC(=O)Nc1ccc2nc(SCc3cc(=O)n4ccsc4n3)sc2c1. The lowest BCUT2D eigenvalue weighted by Gasteiger charge is -2.06. The van der Waals surface area contributed by atoms with Gasteiger partial charge in [0.15, 0.2) is 9.30 Å². The third-order valence-corrected chi connectivity index (χ3v) is 6.90. The fourth-order valence-corrected chi connectivity index (χ4v) is 5.46. The number of aromatic nitrogens is 3. The Morgan fingerprint density at radius 1 is 1.29 bits per heavy atom. The van der Waals surface area contributed by atoms with E-state index in [0.29, 0.717) is 23.1 Å². The lowest BCUT2D eigenvalue weighted by Crippen LogP contribution is -2.13. The van der Waals surface area contributed by atoms with Crippen LogP contribution in [-0.2, 0) is 10.5 Å². The van der Waals surface area contributed by atoms with Gasteiger partial charge in [0, 0.05) is 35.5 Å². The van der Waals surface area contributed by atoms with Gasteiger partial charge in [-0.1, -0.05) is 25.6 Å². The quantitative estimate of drug-likeness (QED) is 0.451. The van der Waals surface area contributed by atoms with Crippen LogP contribution in [0.1, 0.15) is 26.0 Å². The zero-order valence-corrected chi connectivity index (χ0v) is 17.8. The maximum Gasteiger partial charge on any atom is 0.258 e. The van der Waals surface area contributed by atoms with Gasteiger partial charge in [-0.3, -0.25) is 14.0 Å². The maximum atomic E-state index is 12.1. The number of thioether (sulfide) groups is 1. The summed E-state index contributed by atoms with van der Waals surface area (Å²) in [7, 11) is 0. The predicted molar refractivity (Wildman–Crippen MR) is 117 cm³/mol. The molecule has 0 unspecified atom stereocenters. The minimum atomic E-state index is -0.0621. The molecule has 3 aromatic heterocycles. The third kappa shape index (κ3) is 4.26. The van der Waals surface area contributed by atoms with Gasteiger partial charge in [-0.15, -0.1) is 22.7 Å². The van der Waals surface area contributed by atoms with Crippen molar-refractivity contribution in [3.8, 4) is 0 Å². The largest absolute Gasteiger partial charge is 0.326 e. The molecule has 0 bridgehead atoms. The van der Waals surface area contributed by atoms with Crippen LogP contribution in [0.2, 0.25) is 0 Å². The van der Waals surface area contributed by atoms with Gasteiger partial charge in [0.1, 0.15) is 0 Å². The summed E-state index contributed by atoms with van der Waals surface area (Å²) >= 11 is 4.58. The van der Waals surface area contributed by atoms with Gasteiger partial charge in [-0.2, -0.15) is 0 Å². The van der Waals surface area contributed by atoms with Gasteiger partial charge in [-0.25, -0.2) is 9.97 Å². The molecule has 0 radical (unpaired) electrons. The first kappa shape index (κ1) is 19.1. The first-order valence-corrected chi connectivity index (χ1v) is 11.4. The minimum absolute atomic E-state index is 0.0230. The lowest BCUT2D eigenvalue weighted by atomic mass is 10.1. The molecule has 6 nitrogen and oxygen atoms in total. The Balaban J connectivity index is 1.48. The summed E-state index contributed by atoms with van der Waals surface area (Å²) in [5.41, 5.74) is 2.37. The van der Waals surface area contributed by atoms with Gasteiger partial charge in [-0.05, 0) is 24.1 Å². The molecule has 0 aliphatic rings. The van der Waals surface area contributed by atoms with Crippen LogP contribution in [-0.4, -0.2) is 20.3 Å². The number of rotatable bonds is 6. The number of carbonyl (C=O) groups excluding carboxylic acids is 1. The molecule has 0 spiro atoms. The van der Waals surface area contributed by atoms with E-state index in [9.17, 15) is 9.59 Å². The highest BCUT2D eigenvalue weighted by atomic mass is 32.2. The Morgan fingerprint density at radius 3 is 2.96 bits per heavy atom. The second kappa shape index (κ2) is 8.02. The van der Waals surface area contributed by atoms with Crippen LogP contribution in [0.4, 0.5) is 5.69 Å². The molecular weight excluding hydrogens is 412 g/mol. The van der Waals surface area contributed by atoms with Crippen molar-refractivity contribution < 1.29 is 4.79 Å². The molecule has 144 valence electrons. The number of anilines is 1. The van der Waals surface area contributed by atoms with E-state index in [2.05, 4.69) is 15.3 Å². The number of thiazole rings is 2.